The number of hydrogen-bond acceptors (Lipinski definition) is 3. The van der Waals surface area contributed by atoms with E-state index in [-0.39, 0.29) is 6.04 Å². The molecule has 148 valence electrons. The summed E-state index contributed by atoms with van der Waals surface area (Å²) in [6.45, 7) is 9.40. The number of imidazole rings is 1. The summed E-state index contributed by atoms with van der Waals surface area (Å²) in [6, 6.07) is 20.1. The van der Waals surface area contributed by atoms with Crippen LogP contribution >= 0.6 is 0 Å². The van der Waals surface area contributed by atoms with E-state index in [2.05, 4.69) is 72.7 Å². The Morgan fingerprint density at radius 2 is 1.86 bits per heavy atom. The Morgan fingerprint density at radius 1 is 1.10 bits per heavy atom. The number of benzene rings is 2. The van der Waals surface area contributed by atoms with Crippen molar-refractivity contribution < 1.29 is 4.74 Å². The van der Waals surface area contributed by atoms with Gasteiger partial charge in [-0.05, 0) is 50.0 Å². The predicted molar refractivity (Wildman–Crippen MR) is 119 cm³/mol. The van der Waals surface area contributed by atoms with Crippen LogP contribution < -0.4 is 4.74 Å². The van der Waals surface area contributed by atoms with Crippen LogP contribution in [0.1, 0.15) is 36.7 Å². The Hall–Kier alpha value is -3.14. The van der Waals surface area contributed by atoms with Crippen molar-refractivity contribution in [1.29, 1.82) is 0 Å². The highest BCUT2D eigenvalue weighted by molar-refractivity contribution is 6.11. The largest absolute Gasteiger partial charge is 0.465 e. The molecule has 2 heterocycles. The molecule has 0 saturated carbocycles. The van der Waals surface area contributed by atoms with Crippen molar-refractivity contribution in [2.45, 2.75) is 32.7 Å². The zero-order valence-electron chi connectivity index (χ0n) is 17.1. The molecule has 0 amide bonds. The van der Waals surface area contributed by atoms with E-state index in [1.807, 2.05) is 13.0 Å². The highest BCUT2D eigenvalue weighted by atomic mass is 16.5. The van der Waals surface area contributed by atoms with Crippen LogP contribution in [0.15, 0.2) is 72.2 Å². The highest BCUT2D eigenvalue weighted by Crippen LogP contribution is 2.34. The first-order valence-corrected chi connectivity index (χ1v) is 10.3. The van der Waals surface area contributed by atoms with E-state index in [1.54, 1.807) is 0 Å². The summed E-state index contributed by atoms with van der Waals surface area (Å²) in [5.74, 6) is 0. The van der Waals surface area contributed by atoms with Crippen LogP contribution in [0.2, 0.25) is 0 Å². The molecule has 0 bridgehead atoms. The van der Waals surface area contributed by atoms with Crippen molar-refractivity contribution in [1.82, 2.24) is 9.55 Å². The van der Waals surface area contributed by atoms with Crippen LogP contribution in [0.5, 0.6) is 6.01 Å². The molecule has 0 saturated heterocycles. The number of ether oxygens (including phenoxy) is 1. The Morgan fingerprint density at radius 3 is 2.62 bits per heavy atom. The normalized spacial score (nSPS) is 15.5. The topological polar surface area (TPSA) is 39.4 Å². The molecule has 1 unspecified atom stereocenters. The fourth-order valence-electron chi connectivity index (χ4n) is 3.85. The monoisotopic (exact) mass is 385 g/mol. The lowest BCUT2D eigenvalue weighted by atomic mass is 9.99. The van der Waals surface area contributed by atoms with Crippen molar-refractivity contribution in [3.8, 4) is 17.3 Å². The maximum atomic E-state index is 5.87. The average Bonchev–Trinajstić information content (AvgIpc) is 3.14. The molecule has 0 aliphatic carbocycles. The van der Waals surface area contributed by atoms with Gasteiger partial charge in [0.1, 0.15) is 5.69 Å². The van der Waals surface area contributed by atoms with E-state index in [1.165, 1.54) is 11.1 Å². The van der Waals surface area contributed by atoms with E-state index in [0.717, 1.165) is 35.5 Å². The maximum absolute atomic E-state index is 5.87. The molecule has 1 atom stereocenters. The van der Waals surface area contributed by atoms with Gasteiger partial charge in [0.15, 0.2) is 0 Å². The Labute approximate surface area is 172 Å². The lowest BCUT2D eigenvalue weighted by Gasteiger charge is -2.22. The summed E-state index contributed by atoms with van der Waals surface area (Å²) in [5.41, 5.74) is 6.54. The van der Waals surface area contributed by atoms with Crippen LogP contribution in [0.4, 0.5) is 0 Å². The zero-order valence-corrected chi connectivity index (χ0v) is 17.1. The van der Waals surface area contributed by atoms with Gasteiger partial charge in [0, 0.05) is 5.56 Å². The third-order valence-corrected chi connectivity index (χ3v) is 5.30. The van der Waals surface area contributed by atoms with E-state index < -0.39 is 0 Å². The second-order valence-electron chi connectivity index (χ2n) is 7.36. The van der Waals surface area contributed by atoms with E-state index in [4.69, 9.17) is 14.7 Å². The number of aliphatic imine (C=N–C) groups is 1. The summed E-state index contributed by atoms with van der Waals surface area (Å²) in [5, 5.41) is 0. The minimum Gasteiger partial charge on any atom is -0.465 e. The molecule has 4 rings (SSSR count). The Balaban J connectivity index is 1.71. The predicted octanol–water partition coefficient (Wildman–Crippen LogP) is 5.28. The molecule has 4 heteroatoms. The number of aryl methyl sites for hydroxylation is 2. The third-order valence-electron chi connectivity index (χ3n) is 5.30. The molecule has 0 radical (unpaired) electrons. The first-order valence-electron chi connectivity index (χ1n) is 10.3. The van der Waals surface area contributed by atoms with E-state index in [0.29, 0.717) is 19.2 Å². The van der Waals surface area contributed by atoms with Gasteiger partial charge in [0.05, 0.1) is 30.6 Å². The fourth-order valence-corrected chi connectivity index (χ4v) is 3.85. The van der Waals surface area contributed by atoms with Gasteiger partial charge in [-0.1, -0.05) is 55.1 Å². The molecule has 0 N–H and O–H groups in total. The molecule has 0 spiro atoms. The minimum atomic E-state index is 0.206. The molecule has 1 aromatic heterocycles. The molecule has 1 aliphatic rings. The Kier molecular flexibility index (Phi) is 5.61. The van der Waals surface area contributed by atoms with Crippen LogP contribution in [0.3, 0.4) is 0 Å². The van der Waals surface area contributed by atoms with Gasteiger partial charge < -0.3 is 4.74 Å². The molecule has 2 aromatic carbocycles. The molecule has 29 heavy (non-hydrogen) atoms. The minimum absolute atomic E-state index is 0.206. The highest BCUT2D eigenvalue weighted by Gasteiger charge is 2.28. The van der Waals surface area contributed by atoms with E-state index >= 15 is 0 Å². The van der Waals surface area contributed by atoms with Crippen molar-refractivity contribution in [3.05, 3.63) is 84.1 Å². The molecule has 3 aromatic rings. The number of fused-ring (bicyclic) bond motifs is 1. The number of rotatable bonds is 7. The molecular formula is C25H27N3O. The van der Waals surface area contributed by atoms with E-state index in [9.17, 15) is 0 Å². The van der Waals surface area contributed by atoms with Gasteiger partial charge in [-0.2, -0.15) is 4.98 Å². The summed E-state index contributed by atoms with van der Waals surface area (Å²) >= 11 is 0. The fraction of sp³-hybridized carbons (Fsp3) is 0.280. The van der Waals surface area contributed by atoms with Crippen LogP contribution in [0, 0.1) is 0 Å². The number of aromatic nitrogens is 2. The Bertz CT molecular complexity index is 1030. The molecule has 0 fully saturated rings. The summed E-state index contributed by atoms with van der Waals surface area (Å²) in [6.07, 6.45) is 3.83. The van der Waals surface area contributed by atoms with Gasteiger partial charge in [-0.15, -0.1) is 0 Å². The number of nitrogens with zero attached hydrogens (tertiary/aromatic N) is 3. The second kappa shape index (κ2) is 8.48. The first-order chi connectivity index (χ1) is 14.2. The van der Waals surface area contributed by atoms with Gasteiger partial charge in [0.2, 0.25) is 0 Å². The van der Waals surface area contributed by atoms with Crippen LogP contribution in [0.25, 0.3) is 11.3 Å². The van der Waals surface area contributed by atoms with Gasteiger partial charge in [-0.25, -0.2) is 0 Å². The first kappa shape index (κ1) is 19.2. The lowest BCUT2D eigenvalue weighted by Crippen LogP contribution is -2.22. The third kappa shape index (κ3) is 3.88. The SMILES string of the molecule is C=CC1=NCC(C)n2c(OCC)nc(-c3cccc(CCc4ccccc4)c3)c21. The summed E-state index contributed by atoms with van der Waals surface area (Å²) in [7, 11) is 0. The molecular weight excluding hydrogens is 358 g/mol. The van der Waals surface area contributed by atoms with Crippen molar-refractivity contribution in [3.63, 3.8) is 0 Å². The van der Waals surface area contributed by atoms with Crippen molar-refractivity contribution >= 4 is 5.71 Å². The number of hydrogen-bond donors (Lipinski definition) is 0. The van der Waals surface area contributed by atoms with Crippen LogP contribution in [-0.4, -0.2) is 28.4 Å². The standard InChI is InChI=1S/C25H27N3O/c1-4-22-24-23(27-25(29-5-2)28(24)18(3)17-26-22)21-13-9-12-20(16-21)15-14-19-10-7-6-8-11-19/h4,6-13,16,18H,1,5,14-15,17H2,2-3H3. The van der Waals surface area contributed by atoms with Crippen molar-refractivity contribution in [2.75, 3.05) is 13.2 Å². The molecule has 4 nitrogen and oxygen atoms in total. The smallest absolute Gasteiger partial charge is 0.297 e. The summed E-state index contributed by atoms with van der Waals surface area (Å²) in [4.78, 5) is 9.58. The van der Waals surface area contributed by atoms with Gasteiger partial charge >= 0.3 is 0 Å². The zero-order chi connectivity index (χ0) is 20.2. The van der Waals surface area contributed by atoms with Crippen molar-refractivity contribution in [2.24, 2.45) is 4.99 Å². The number of allylic oxidation sites excluding steroid dienone is 1. The van der Waals surface area contributed by atoms with Gasteiger partial charge in [-0.3, -0.25) is 9.56 Å². The molecule has 1 aliphatic heterocycles. The summed E-state index contributed by atoms with van der Waals surface area (Å²) < 4.78 is 8.03. The second-order valence-corrected chi connectivity index (χ2v) is 7.36. The average molecular weight is 386 g/mol. The lowest BCUT2D eigenvalue weighted by molar-refractivity contribution is 0.286. The maximum Gasteiger partial charge on any atom is 0.297 e. The van der Waals surface area contributed by atoms with Crippen LogP contribution in [-0.2, 0) is 12.8 Å². The van der Waals surface area contributed by atoms with Gasteiger partial charge in [0.25, 0.3) is 6.01 Å². The quantitative estimate of drug-likeness (QED) is 0.555.